The van der Waals surface area contributed by atoms with E-state index in [-0.39, 0.29) is 0 Å². The van der Waals surface area contributed by atoms with Gasteiger partial charge < -0.3 is 5.32 Å². The third kappa shape index (κ3) is 5.73. The van der Waals surface area contributed by atoms with Gasteiger partial charge in [0, 0.05) is 6.04 Å². The lowest BCUT2D eigenvalue weighted by molar-refractivity contribution is 0.231. The minimum Gasteiger partial charge on any atom is -0.314 e. The third-order valence-electron chi connectivity index (χ3n) is 4.95. The summed E-state index contributed by atoms with van der Waals surface area (Å²) in [4.78, 5) is 0. The second kappa shape index (κ2) is 8.96. The minimum atomic E-state index is 0.815. The molecule has 1 nitrogen and oxygen atoms in total. The second-order valence-corrected chi connectivity index (χ2v) is 6.68. The van der Waals surface area contributed by atoms with Crippen LogP contribution in [0, 0.1) is 17.8 Å². The largest absolute Gasteiger partial charge is 0.314 e. The van der Waals surface area contributed by atoms with Crippen LogP contribution in [0.4, 0.5) is 0 Å². The van der Waals surface area contributed by atoms with Crippen LogP contribution in [0.5, 0.6) is 0 Å². The van der Waals surface area contributed by atoms with Crippen LogP contribution in [-0.2, 0) is 0 Å². The molecule has 1 rings (SSSR count). The van der Waals surface area contributed by atoms with E-state index < -0.39 is 0 Å². The van der Waals surface area contributed by atoms with Crippen molar-refractivity contribution in [2.45, 2.75) is 85.1 Å². The van der Waals surface area contributed by atoms with Gasteiger partial charge in [-0.05, 0) is 56.4 Å². The van der Waals surface area contributed by atoms with Crippen LogP contribution >= 0.6 is 0 Å². The predicted octanol–water partition coefficient (Wildman–Crippen LogP) is 5.01. The molecule has 1 unspecified atom stereocenters. The lowest BCUT2D eigenvalue weighted by atomic mass is 9.79. The quantitative estimate of drug-likeness (QED) is 0.641. The van der Waals surface area contributed by atoms with Gasteiger partial charge in [0.1, 0.15) is 0 Å². The van der Waals surface area contributed by atoms with Crippen molar-refractivity contribution in [3.63, 3.8) is 0 Å². The summed E-state index contributed by atoms with van der Waals surface area (Å²) >= 11 is 0. The minimum absolute atomic E-state index is 0.815. The molecule has 0 aromatic rings. The molecule has 0 radical (unpaired) electrons. The molecule has 1 fully saturated rings. The monoisotopic (exact) mass is 253 g/mol. The highest BCUT2D eigenvalue weighted by Gasteiger charge is 2.23. The highest BCUT2D eigenvalue weighted by Crippen LogP contribution is 2.30. The first-order chi connectivity index (χ1) is 8.67. The smallest absolute Gasteiger partial charge is 0.00673 e. The first-order valence-electron chi connectivity index (χ1n) is 8.40. The molecule has 18 heavy (non-hydrogen) atoms. The van der Waals surface area contributed by atoms with Crippen molar-refractivity contribution in [2.24, 2.45) is 17.8 Å². The molecule has 1 aliphatic rings. The van der Waals surface area contributed by atoms with Crippen molar-refractivity contribution in [3.05, 3.63) is 0 Å². The normalized spacial score (nSPS) is 26.5. The Morgan fingerprint density at radius 2 is 1.72 bits per heavy atom. The summed E-state index contributed by atoms with van der Waals surface area (Å²) in [6, 6.07) is 0.815. The molecule has 0 bridgehead atoms. The number of hydrogen-bond donors (Lipinski definition) is 1. The van der Waals surface area contributed by atoms with Crippen molar-refractivity contribution in [1.29, 1.82) is 0 Å². The van der Waals surface area contributed by atoms with Gasteiger partial charge in [0.2, 0.25) is 0 Å². The fraction of sp³-hybridized carbons (Fsp3) is 1.00. The molecule has 1 aliphatic carbocycles. The standard InChI is InChI=1S/C17H35N/c1-5-7-8-15(6-2)13-18-17-11-9-16(10-12-17)14(3)4/h14-18H,5-13H2,1-4H3. The van der Waals surface area contributed by atoms with Crippen molar-refractivity contribution in [3.8, 4) is 0 Å². The number of hydrogen-bond acceptors (Lipinski definition) is 1. The Hall–Kier alpha value is -0.0400. The summed E-state index contributed by atoms with van der Waals surface area (Å²) in [6.07, 6.45) is 11.2. The summed E-state index contributed by atoms with van der Waals surface area (Å²) in [5, 5.41) is 3.84. The average Bonchev–Trinajstić information content (AvgIpc) is 2.39. The van der Waals surface area contributed by atoms with E-state index in [0.717, 1.165) is 23.8 Å². The Labute approximate surface area is 115 Å². The molecule has 0 amide bonds. The molecule has 1 saturated carbocycles. The van der Waals surface area contributed by atoms with Gasteiger partial charge >= 0.3 is 0 Å². The number of unbranched alkanes of at least 4 members (excludes halogenated alkanes) is 1. The predicted molar refractivity (Wildman–Crippen MR) is 81.9 cm³/mol. The van der Waals surface area contributed by atoms with Crippen LogP contribution in [0.2, 0.25) is 0 Å². The SMILES string of the molecule is CCCCC(CC)CNC1CCC(C(C)C)CC1. The fourth-order valence-electron chi connectivity index (χ4n) is 3.27. The van der Waals surface area contributed by atoms with Crippen LogP contribution in [-0.4, -0.2) is 12.6 Å². The van der Waals surface area contributed by atoms with Crippen molar-refractivity contribution < 1.29 is 0 Å². The molecule has 1 atom stereocenters. The number of nitrogens with one attached hydrogen (secondary N) is 1. The van der Waals surface area contributed by atoms with Gasteiger partial charge in [0.25, 0.3) is 0 Å². The van der Waals surface area contributed by atoms with Gasteiger partial charge in [-0.3, -0.25) is 0 Å². The lowest BCUT2D eigenvalue weighted by Crippen LogP contribution is -2.37. The van der Waals surface area contributed by atoms with Crippen LogP contribution in [0.3, 0.4) is 0 Å². The van der Waals surface area contributed by atoms with E-state index in [1.54, 1.807) is 0 Å². The van der Waals surface area contributed by atoms with Crippen molar-refractivity contribution in [2.75, 3.05) is 6.54 Å². The Bertz CT molecular complexity index is 192. The summed E-state index contributed by atoms with van der Waals surface area (Å²) < 4.78 is 0. The van der Waals surface area contributed by atoms with Crippen LogP contribution < -0.4 is 5.32 Å². The Balaban J connectivity index is 2.16. The van der Waals surface area contributed by atoms with E-state index in [4.69, 9.17) is 0 Å². The highest BCUT2D eigenvalue weighted by atomic mass is 14.9. The van der Waals surface area contributed by atoms with Gasteiger partial charge in [-0.1, -0.05) is 47.0 Å². The Morgan fingerprint density at radius 1 is 1.06 bits per heavy atom. The van der Waals surface area contributed by atoms with Gasteiger partial charge in [0.05, 0.1) is 0 Å². The van der Waals surface area contributed by atoms with Gasteiger partial charge in [-0.15, -0.1) is 0 Å². The summed E-state index contributed by atoms with van der Waals surface area (Å²) in [7, 11) is 0. The third-order valence-corrected chi connectivity index (χ3v) is 4.95. The average molecular weight is 253 g/mol. The maximum Gasteiger partial charge on any atom is 0.00673 e. The zero-order valence-electron chi connectivity index (χ0n) is 13.2. The van der Waals surface area contributed by atoms with E-state index in [2.05, 4.69) is 33.0 Å². The summed E-state index contributed by atoms with van der Waals surface area (Å²) in [5.41, 5.74) is 0. The Kier molecular flexibility index (Phi) is 7.97. The molecule has 0 heterocycles. The topological polar surface area (TPSA) is 12.0 Å². The van der Waals surface area contributed by atoms with Crippen LogP contribution in [0.1, 0.15) is 79.1 Å². The summed E-state index contributed by atoms with van der Waals surface area (Å²) in [5.74, 6) is 2.79. The molecular weight excluding hydrogens is 218 g/mol. The molecule has 0 saturated heterocycles. The second-order valence-electron chi connectivity index (χ2n) is 6.68. The van der Waals surface area contributed by atoms with Crippen molar-refractivity contribution >= 4 is 0 Å². The maximum absolute atomic E-state index is 3.84. The molecule has 1 N–H and O–H groups in total. The van der Waals surface area contributed by atoms with E-state index in [9.17, 15) is 0 Å². The Morgan fingerprint density at radius 3 is 2.22 bits per heavy atom. The van der Waals surface area contributed by atoms with Gasteiger partial charge in [-0.25, -0.2) is 0 Å². The maximum atomic E-state index is 3.84. The van der Waals surface area contributed by atoms with E-state index in [1.165, 1.54) is 57.9 Å². The zero-order valence-corrected chi connectivity index (χ0v) is 13.2. The molecular formula is C17H35N. The fourth-order valence-corrected chi connectivity index (χ4v) is 3.27. The molecule has 0 aromatic heterocycles. The first-order valence-corrected chi connectivity index (χ1v) is 8.40. The molecule has 0 aromatic carbocycles. The van der Waals surface area contributed by atoms with E-state index in [0.29, 0.717) is 0 Å². The molecule has 0 aliphatic heterocycles. The van der Waals surface area contributed by atoms with Crippen molar-refractivity contribution in [1.82, 2.24) is 5.32 Å². The van der Waals surface area contributed by atoms with Gasteiger partial charge in [-0.2, -0.15) is 0 Å². The highest BCUT2D eigenvalue weighted by molar-refractivity contribution is 4.79. The molecule has 0 spiro atoms. The van der Waals surface area contributed by atoms with E-state index in [1.807, 2.05) is 0 Å². The van der Waals surface area contributed by atoms with Gasteiger partial charge in [0.15, 0.2) is 0 Å². The number of rotatable bonds is 8. The summed E-state index contributed by atoms with van der Waals surface area (Å²) in [6.45, 7) is 10.7. The first kappa shape index (κ1) is 16.0. The lowest BCUT2D eigenvalue weighted by Gasteiger charge is -2.32. The van der Waals surface area contributed by atoms with Crippen LogP contribution in [0.25, 0.3) is 0 Å². The van der Waals surface area contributed by atoms with Crippen LogP contribution in [0.15, 0.2) is 0 Å². The molecule has 1 heteroatoms. The molecule has 108 valence electrons. The van der Waals surface area contributed by atoms with E-state index >= 15 is 0 Å². The zero-order chi connectivity index (χ0) is 13.4.